The molecule has 4 N–H and O–H groups in total. The quantitative estimate of drug-likeness (QED) is 0.615. The molecule has 8 nitrogen and oxygen atoms in total. The lowest BCUT2D eigenvalue weighted by Gasteiger charge is -2.39. The van der Waals surface area contributed by atoms with Gasteiger partial charge in [-0.3, -0.25) is 0 Å². The third-order valence-electron chi connectivity index (χ3n) is 4.89. The Balaban J connectivity index is 1.60. The van der Waals surface area contributed by atoms with Gasteiger partial charge in [-0.25, -0.2) is 9.97 Å². The van der Waals surface area contributed by atoms with E-state index in [2.05, 4.69) is 49.7 Å². The van der Waals surface area contributed by atoms with Crippen LogP contribution in [0.15, 0.2) is 41.2 Å². The van der Waals surface area contributed by atoms with Gasteiger partial charge in [0.15, 0.2) is 5.82 Å². The van der Waals surface area contributed by atoms with Crippen LogP contribution >= 0.6 is 0 Å². The number of nitrogens with zero attached hydrogens (tertiary/aromatic N) is 4. The van der Waals surface area contributed by atoms with E-state index in [1.54, 1.807) is 12.4 Å². The summed E-state index contributed by atoms with van der Waals surface area (Å²) in [6.07, 6.45) is 6.53. The van der Waals surface area contributed by atoms with E-state index >= 15 is 0 Å². The number of benzene rings is 1. The van der Waals surface area contributed by atoms with Gasteiger partial charge in [-0.1, -0.05) is 35.8 Å². The standard InChI is InChI=1S/C18H20N6O2/c19-16-21-10-13(11-22-16)12-2-4-14(5-3-12)18(6-1-7-18)15-23-17(26-24-15)20-8-9-25/h2-5,10-11,25H,1,6-9H2,(H2,19,21,22)(H,20,23,24). The summed E-state index contributed by atoms with van der Waals surface area (Å²) in [5, 5.41) is 16.0. The summed E-state index contributed by atoms with van der Waals surface area (Å²) in [5.74, 6) is 0.953. The van der Waals surface area contributed by atoms with E-state index in [4.69, 9.17) is 15.4 Å². The second kappa shape index (κ2) is 6.72. The topological polar surface area (TPSA) is 123 Å². The molecule has 1 saturated carbocycles. The van der Waals surface area contributed by atoms with Crippen molar-refractivity contribution in [2.45, 2.75) is 24.7 Å². The predicted molar refractivity (Wildman–Crippen MR) is 96.4 cm³/mol. The van der Waals surface area contributed by atoms with Crippen molar-refractivity contribution >= 4 is 12.0 Å². The van der Waals surface area contributed by atoms with Crippen molar-refractivity contribution in [2.24, 2.45) is 0 Å². The normalized spacial score (nSPS) is 15.4. The van der Waals surface area contributed by atoms with Crippen LogP contribution in [0.25, 0.3) is 11.1 Å². The highest BCUT2D eigenvalue weighted by Gasteiger charge is 2.44. The molecule has 1 aliphatic rings. The van der Waals surface area contributed by atoms with Gasteiger partial charge in [-0.05, 0) is 24.0 Å². The zero-order chi connectivity index (χ0) is 18.0. The SMILES string of the molecule is Nc1ncc(-c2ccc(C3(c4noc(NCCO)n4)CCC3)cc2)cn1. The number of nitrogen functional groups attached to an aromatic ring is 1. The van der Waals surface area contributed by atoms with Gasteiger partial charge in [0.2, 0.25) is 5.95 Å². The molecule has 2 aromatic heterocycles. The van der Waals surface area contributed by atoms with Crippen molar-refractivity contribution in [3.8, 4) is 11.1 Å². The van der Waals surface area contributed by atoms with E-state index < -0.39 is 0 Å². The number of anilines is 2. The van der Waals surface area contributed by atoms with Crippen LogP contribution in [0.2, 0.25) is 0 Å². The first-order chi connectivity index (χ1) is 12.7. The molecule has 134 valence electrons. The van der Waals surface area contributed by atoms with Gasteiger partial charge in [0.25, 0.3) is 0 Å². The molecule has 0 unspecified atom stereocenters. The molecule has 0 saturated heterocycles. The first-order valence-corrected chi connectivity index (χ1v) is 8.59. The number of nitrogens with one attached hydrogen (secondary N) is 1. The molecule has 8 heteroatoms. The summed E-state index contributed by atoms with van der Waals surface area (Å²) in [6.45, 7) is 0.395. The van der Waals surface area contributed by atoms with Crippen LogP contribution in [0.3, 0.4) is 0 Å². The van der Waals surface area contributed by atoms with E-state index in [1.807, 2.05) is 0 Å². The molecular formula is C18H20N6O2. The van der Waals surface area contributed by atoms with E-state index in [1.165, 1.54) is 5.56 Å². The van der Waals surface area contributed by atoms with E-state index in [0.717, 1.165) is 30.4 Å². The molecule has 0 bridgehead atoms. The second-order valence-electron chi connectivity index (χ2n) is 6.42. The minimum absolute atomic E-state index is 0.0131. The number of hydrogen-bond acceptors (Lipinski definition) is 8. The third-order valence-corrected chi connectivity index (χ3v) is 4.89. The molecule has 0 atom stereocenters. The lowest BCUT2D eigenvalue weighted by molar-refractivity contribution is 0.272. The summed E-state index contributed by atoms with van der Waals surface area (Å²) in [4.78, 5) is 12.6. The number of aliphatic hydroxyl groups excluding tert-OH is 1. The van der Waals surface area contributed by atoms with Gasteiger partial charge in [0.1, 0.15) is 0 Å². The van der Waals surface area contributed by atoms with Crippen LogP contribution < -0.4 is 11.1 Å². The summed E-state index contributed by atoms with van der Waals surface area (Å²) < 4.78 is 5.26. The fourth-order valence-corrected chi connectivity index (χ4v) is 3.29. The Hall–Kier alpha value is -3.00. The molecule has 3 aromatic rings. The molecular weight excluding hydrogens is 332 g/mol. The lowest BCUT2D eigenvalue weighted by Crippen LogP contribution is -2.36. The van der Waals surface area contributed by atoms with Crippen LogP contribution in [-0.2, 0) is 5.41 Å². The van der Waals surface area contributed by atoms with Gasteiger partial charge in [0, 0.05) is 24.5 Å². The average Bonchev–Trinajstić information content (AvgIpc) is 3.09. The zero-order valence-electron chi connectivity index (χ0n) is 14.2. The lowest BCUT2D eigenvalue weighted by atomic mass is 9.64. The summed E-state index contributed by atoms with van der Waals surface area (Å²) in [5.41, 5.74) is 8.45. The highest BCUT2D eigenvalue weighted by atomic mass is 16.5. The molecule has 0 radical (unpaired) electrons. The number of rotatable bonds is 6. The minimum atomic E-state index is -0.210. The predicted octanol–water partition coefficient (Wildman–Crippen LogP) is 1.98. The van der Waals surface area contributed by atoms with Gasteiger partial charge < -0.3 is 20.7 Å². The Morgan fingerprint density at radius 3 is 2.46 bits per heavy atom. The van der Waals surface area contributed by atoms with E-state index in [9.17, 15) is 0 Å². The van der Waals surface area contributed by atoms with Crippen molar-refractivity contribution in [2.75, 3.05) is 24.2 Å². The molecule has 26 heavy (non-hydrogen) atoms. The van der Waals surface area contributed by atoms with Crippen LogP contribution in [0, 0.1) is 0 Å². The van der Waals surface area contributed by atoms with Crippen LogP contribution in [0.1, 0.15) is 30.7 Å². The fourth-order valence-electron chi connectivity index (χ4n) is 3.29. The van der Waals surface area contributed by atoms with E-state index in [-0.39, 0.29) is 18.0 Å². The first kappa shape index (κ1) is 16.5. The maximum atomic E-state index is 8.90. The van der Waals surface area contributed by atoms with Gasteiger partial charge in [0.05, 0.1) is 12.0 Å². The second-order valence-corrected chi connectivity index (χ2v) is 6.42. The van der Waals surface area contributed by atoms with Crippen molar-refractivity contribution in [3.63, 3.8) is 0 Å². The highest BCUT2D eigenvalue weighted by molar-refractivity contribution is 5.62. The smallest absolute Gasteiger partial charge is 0.321 e. The van der Waals surface area contributed by atoms with Crippen LogP contribution in [-0.4, -0.2) is 38.4 Å². The Labute approximate surface area is 150 Å². The molecule has 1 aliphatic carbocycles. The molecule has 0 amide bonds. The zero-order valence-corrected chi connectivity index (χ0v) is 14.2. The number of aliphatic hydroxyl groups is 1. The summed E-state index contributed by atoms with van der Waals surface area (Å²) in [7, 11) is 0. The molecule has 1 aromatic carbocycles. The fraction of sp³-hybridized carbons (Fsp3) is 0.333. The average molecular weight is 352 g/mol. The Morgan fingerprint density at radius 2 is 1.85 bits per heavy atom. The van der Waals surface area contributed by atoms with E-state index in [0.29, 0.717) is 18.4 Å². The third kappa shape index (κ3) is 2.88. The maximum absolute atomic E-state index is 8.90. The van der Waals surface area contributed by atoms with Crippen molar-refractivity contribution in [1.82, 2.24) is 20.1 Å². The first-order valence-electron chi connectivity index (χ1n) is 8.59. The summed E-state index contributed by atoms with van der Waals surface area (Å²) in [6, 6.07) is 8.64. The molecule has 0 aliphatic heterocycles. The molecule has 4 rings (SSSR count). The van der Waals surface area contributed by atoms with Crippen molar-refractivity contribution in [3.05, 3.63) is 48.0 Å². The largest absolute Gasteiger partial charge is 0.395 e. The molecule has 2 heterocycles. The minimum Gasteiger partial charge on any atom is -0.395 e. The number of nitrogens with two attached hydrogens (primary N) is 1. The van der Waals surface area contributed by atoms with Gasteiger partial charge in [-0.15, -0.1) is 0 Å². The van der Waals surface area contributed by atoms with Crippen molar-refractivity contribution in [1.29, 1.82) is 0 Å². The maximum Gasteiger partial charge on any atom is 0.321 e. The van der Waals surface area contributed by atoms with Crippen LogP contribution in [0.4, 0.5) is 12.0 Å². The molecule has 0 spiro atoms. The van der Waals surface area contributed by atoms with Gasteiger partial charge >= 0.3 is 6.01 Å². The Kier molecular flexibility index (Phi) is 4.26. The number of aromatic nitrogens is 4. The molecule has 1 fully saturated rings. The Bertz CT molecular complexity index is 871. The van der Waals surface area contributed by atoms with Gasteiger partial charge in [-0.2, -0.15) is 4.98 Å². The monoisotopic (exact) mass is 352 g/mol. The number of hydrogen-bond donors (Lipinski definition) is 3. The Morgan fingerprint density at radius 1 is 1.12 bits per heavy atom. The van der Waals surface area contributed by atoms with Crippen molar-refractivity contribution < 1.29 is 9.63 Å². The highest BCUT2D eigenvalue weighted by Crippen LogP contribution is 2.48. The summed E-state index contributed by atoms with van der Waals surface area (Å²) >= 11 is 0. The van der Waals surface area contributed by atoms with Crippen LogP contribution in [0.5, 0.6) is 0 Å².